The van der Waals surface area contributed by atoms with Crippen LogP contribution in [0.2, 0.25) is 0 Å². The van der Waals surface area contributed by atoms with Gasteiger partial charge >= 0.3 is 0 Å². The van der Waals surface area contributed by atoms with E-state index in [0.717, 1.165) is 5.56 Å². The van der Waals surface area contributed by atoms with Crippen LogP contribution in [0.25, 0.3) is 0 Å². The molecule has 0 saturated carbocycles. The summed E-state index contributed by atoms with van der Waals surface area (Å²) in [6, 6.07) is 6.38. The predicted molar refractivity (Wildman–Crippen MR) is 63.7 cm³/mol. The molecule has 1 rings (SSSR count). The lowest BCUT2D eigenvalue weighted by molar-refractivity contribution is 0.322. The van der Waals surface area contributed by atoms with Gasteiger partial charge in [-0.3, -0.25) is 4.18 Å². The standard InChI is InChI=1S/C12H16O3S/c1-10(2)8-9-15-16(13,14)12-6-4-11(3)5-7-12/h4-7H,1,8-9H2,2-3H3/i8D/t8-/m0/s1. The molecule has 0 amide bonds. The fourth-order valence-electron chi connectivity index (χ4n) is 1.04. The summed E-state index contributed by atoms with van der Waals surface area (Å²) in [7, 11) is -3.77. The minimum Gasteiger partial charge on any atom is -0.266 e. The minimum atomic E-state index is -3.77. The Morgan fingerprint density at radius 1 is 1.44 bits per heavy atom. The summed E-state index contributed by atoms with van der Waals surface area (Å²) >= 11 is 0. The minimum absolute atomic E-state index is 0.108. The SMILES string of the molecule is [2H][C@@H](COS(=O)(=O)c1ccc(C)cc1)C(=C)C. The Kier molecular flexibility index (Phi) is 3.74. The summed E-state index contributed by atoms with van der Waals surface area (Å²) < 4.78 is 35.8. The molecular weight excluding hydrogens is 224 g/mol. The number of hydrogen-bond acceptors (Lipinski definition) is 3. The van der Waals surface area contributed by atoms with Crippen LogP contribution in [-0.4, -0.2) is 15.0 Å². The first-order valence-corrected chi connectivity index (χ1v) is 6.27. The summed E-state index contributed by atoms with van der Waals surface area (Å²) in [5.41, 5.74) is 1.55. The van der Waals surface area contributed by atoms with Crippen molar-refractivity contribution in [2.75, 3.05) is 6.61 Å². The Balaban J connectivity index is 2.76. The average Bonchev–Trinajstić information content (AvgIpc) is 2.26. The van der Waals surface area contributed by atoms with Gasteiger partial charge in [-0.15, -0.1) is 6.58 Å². The Hall–Kier alpha value is -1.13. The van der Waals surface area contributed by atoms with Crippen LogP contribution in [0.15, 0.2) is 41.3 Å². The normalized spacial score (nSPS) is 14.2. The zero-order valence-electron chi connectivity index (χ0n) is 10.4. The van der Waals surface area contributed by atoms with Gasteiger partial charge in [-0.25, -0.2) is 0 Å². The first kappa shape index (κ1) is 11.4. The van der Waals surface area contributed by atoms with Gasteiger partial charge in [0, 0.05) is 1.37 Å². The van der Waals surface area contributed by atoms with Crippen molar-refractivity contribution in [3.63, 3.8) is 0 Å². The van der Waals surface area contributed by atoms with Crippen molar-refractivity contribution in [2.24, 2.45) is 0 Å². The first-order chi connectivity index (χ1) is 7.83. The van der Waals surface area contributed by atoms with Crippen molar-refractivity contribution in [3.8, 4) is 0 Å². The summed E-state index contributed by atoms with van der Waals surface area (Å²) in [6.45, 7) is 6.91. The maximum Gasteiger partial charge on any atom is 0.296 e. The molecular formula is C12H16O3S. The molecule has 0 unspecified atom stereocenters. The highest BCUT2D eigenvalue weighted by Gasteiger charge is 2.14. The van der Waals surface area contributed by atoms with E-state index in [-0.39, 0.29) is 11.5 Å². The average molecular weight is 241 g/mol. The van der Waals surface area contributed by atoms with Gasteiger partial charge in [-0.1, -0.05) is 23.3 Å². The Morgan fingerprint density at radius 3 is 2.50 bits per heavy atom. The monoisotopic (exact) mass is 241 g/mol. The quantitative estimate of drug-likeness (QED) is 0.588. The van der Waals surface area contributed by atoms with Crippen molar-refractivity contribution in [1.29, 1.82) is 0 Å². The second-order valence-electron chi connectivity index (χ2n) is 3.60. The zero-order chi connectivity index (χ0) is 13.1. The lowest BCUT2D eigenvalue weighted by Crippen LogP contribution is -2.07. The van der Waals surface area contributed by atoms with Crippen molar-refractivity contribution in [1.82, 2.24) is 0 Å². The van der Waals surface area contributed by atoms with Crippen LogP contribution in [0.4, 0.5) is 0 Å². The molecule has 0 aliphatic rings. The summed E-state index contributed by atoms with van der Waals surface area (Å²) in [5, 5.41) is 0. The van der Waals surface area contributed by atoms with Gasteiger partial charge in [-0.05, 0) is 32.4 Å². The number of hydrogen-bond donors (Lipinski definition) is 0. The van der Waals surface area contributed by atoms with E-state index in [4.69, 9.17) is 5.55 Å². The highest BCUT2D eigenvalue weighted by Crippen LogP contribution is 2.13. The topological polar surface area (TPSA) is 43.4 Å². The third-order valence-electron chi connectivity index (χ3n) is 1.96. The van der Waals surface area contributed by atoms with E-state index in [0.29, 0.717) is 5.57 Å². The van der Waals surface area contributed by atoms with Crippen LogP contribution >= 0.6 is 0 Å². The molecule has 1 atom stereocenters. The van der Waals surface area contributed by atoms with E-state index >= 15 is 0 Å². The Labute approximate surface area is 98.3 Å². The zero-order valence-corrected chi connectivity index (χ0v) is 10.3. The lowest BCUT2D eigenvalue weighted by atomic mass is 10.2. The van der Waals surface area contributed by atoms with E-state index in [1.165, 1.54) is 12.1 Å². The van der Waals surface area contributed by atoms with E-state index in [2.05, 4.69) is 6.58 Å². The maximum atomic E-state index is 11.7. The largest absolute Gasteiger partial charge is 0.296 e. The molecule has 4 heteroatoms. The first-order valence-electron chi connectivity index (χ1n) is 5.44. The third-order valence-corrected chi connectivity index (χ3v) is 3.26. The van der Waals surface area contributed by atoms with Gasteiger partial charge < -0.3 is 0 Å². The molecule has 0 aromatic heterocycles. The molecule has 0 N–H and O–H groups in total. The Bertz CT molecular complexity index is 491. The van der Waals surface area contributed by atoms with Gasteiger partial charge in [0.1, 0.15) is 0 Å². The van der Waals surface area contributed by atoms with Gasteiger partial charge in [0.05, 0.1) is 11.5 Å². The number of benzene rings is 1. The highest BCUT2D eigenvalue weighted by atomic mass is 32.2. The van der Waals surface area contributed by atoms with Crippen molar-refractivity contribution >= 4 is 10.1 Å². The number of aryl methyl sites for hydroxylation is 1. The second-order valence-corrected chi connectivity index (χ2v) is 5.22. The van der Waals surface area contributed by atoms with Crippen LogP contribution in [0.3, 0.4) is 0 Å². The molecule has 0 bridgehead atoms. The second kappa shape index (κ2) is 5.27. The number of rotatable bonds is 5. The van der Waals surface area contributed by atoms with E-state index in [9.17, 15) is 8.42 Å². The fourth-order valence-corrected chi connectivity index (χ4v) is 1.89. The molecule has 0 heterocycles. The molecule has 16 heavy (non-hydrogen) atoms. The van der Waals surface area contributed by atoms with E-state index in [1.54, 1.807) is 19.1 Å². The van der Waals surface area contributed by atoms with Crippen LogP contribution < -0.4 is 0 Å². The lowest BCUT2D eigenvalue weighted by Gasteiger charge is -2.05. The van der Waals surface area contributed by atoms with Gasteiger partial charge in [0.25, 0.3) is 10.1 Å². The van der Waals surface area contributed by atoms with E-state index < -0.39 is 16.5 Å². The molecule has 88 valence electrons. The van der Waals surface area contributed by atoms with Crippen LogP contribution in [0.1, 0.15) is 20.3 Å². The van der Waals surface area contributed by atoms with Gasteiger partial charge in [0.2, 0.25) is 0 Å². The summed E-state index contributed by atoms with van der Waals surface area (Å²) in [4.78, 5) is 0.108. The molecule has 0 spiro atoms. The van der Waals surface area contributed by atoms with Crippen LogP contribution in [-0.2, 0) is 14.3 Å². The van der Waals surface area contributed by atoms with Crippen LogP contribution in [0.5, 0.6) is 0 Å². The molecule has 1 aromatic rings. The Morgan fingerprint density at radius 2 is 2.00 bits per heavy atom. The maximum absolute atomic E-state index is 11.7. The molecule has 1 aromatic carbocycles. The molecule has 0 radical (unpaired) electrons. The highest BCUT2D eigenvalue weighted by molar-refractivity contribution is 7.86. The third kappa shape index (κ3) is 3.79. The van der Waals surface area contributed by atoms with Crippen LogP contribution in [0, 0.1) is 6.92 Å². The summed E-state index contributed by atoms with van der Waals surface area (Å²) in [6.07, 6.45) is -0.727. The van der Waals surface area contributed by atoms with Gasteiger partial charge in [-0.2, -0.15) is 8.42 Å². The van der Waals surface area contributed by atoms with E-state index in [1.807, 2.05) is 6.92 Å². The van der Waals surface area contributed by atoms with Crippen molar-refractivity contribution in [2.45, 2.75) is 25.1 Å². The van der Waals surface area contributed by atoms with Gasteiger partial charge in [0.15, 0.2) is 0 Å². The predicted octanol–water partition coefficient (Wildman–Crippen LogP) is 2.67. The molecule has 0 fully saturated rings. The smallest absolute Gasteiger partial charge is 0.266 e. The van der Waals surface area contributed by atoms with Crippen molar-refractivity contribution in [3.05, 3.63) is 42.0 Å². The molecule has 0 aliphatic heterocycles. The fraction of sp³-hybridized carbons (Fsp3) is 0.333. The molecule has 3 nitrogen and oxygen atoms in total. The summed E-state index contributed by atoms with van der Waals surface area (Å²) in [5.74, 6) is 0. The molecule has 0 saturated heterocycles. The molecule has 0 aliphatic carbocycles. The van der Waals surface area contributed by atoms with Crippen molar-refractivity contribution < 1.29 is 14.0 Å².